The number of rotatable bonds is 5. The molecule has 1 aliphatic carbocycles. The van der Waals surface area contributed by atoms with E-state index >= 15 is 0 Å². The summed E-state index contributed by atoms with van der Waals surface area (Å²) in [6.07, 6.45) is 9.35. The molecule has 20 heavy (non-hydrogen) atoms. The highest BCUT2D eigenvalue weighted by atomic mass is 16.1. The van der Waals surface area contributed by atoms with Crippen molar-refractivity contribution in [3.05, 3.63) is 30.1 Å². The number of nitrogens with zero attached hydrogens (tertiary/aromatic N) is 1. The van der Waals surface area contributed by atoms with Crippen LogP contribution in [0.25, 0.3) is 0 Å². The first-order valence-electron chi connectivity index (χ1n) is 7.56. The average Bonchev–Trinajstić information content (AvgIpc) is 2.49. The number of pyridine rings is 1. The maximum Gasteiger partial charge on any atom is 0.220 e. The van der Waals surface area contributed by atoms with Gasteiger partial charge in [0.15, 0.2) is 0 Å². The molecular weight excluding hydrogens is 250 g/mol. The molecule has 3 N–H and O–H groups in total. The Morgan fingerprint density at radius 1 is 1.45 bits per heavy atom. The van der Waals surface area contributed by atoms with Crippen LogP contribution in [0, 0.1) is 5.92 Å². The van der Waals surface area contributed by atoms with Gasteiger partial charge in [0.05, 0.1) is 5.54 Å². The molecule has 1 aliphatic rings. The van der Waals surface area contributed by atoms with Crippen LogP contribution in [0.2, 0.25) is 0 Å². The number of carbonyl (C=O) groups is 1. The van der Waals surface area contributed by atoms with Gasteiger partial charge in [-0.15, -0.1) is 0 Å². The van der Waals surface area contributed by atoms with Crippen LogP contribution in [-0.2, 0) is 11.2 Å². The lowest BCUT2D eigenvalue weighted by Crippen LogP contribution is -2.59. The van der Waals surface area contributed by atoms with E-state index in [9.17, 15) is 4.79 Å². The average molecular weight is 275 g/mol. The first kappa shape index (κ1) is 15.0. The Kier molecular flexibility index (Phi) is 5.12. The zero-order valence-corrected chi connectivity index (χ0v) is 12.3. The lowest BCUT2D eigenvalue weighted by atomic mass is 9.73. The van der Waals surface area contributed by atoms with Gasteiger partial charge in [0.1, 0.15) is 0 Å². The number of aromatic nitrogens is 1. The van der Waals surface area contributed by atoms with Crippen molar-refractivity contribution in [2.24, 2.45) is 11.7 Å². The van der Waals surface area contributed by atoms with Gasteiger partial charge < -0.3 is 11.1 Å². The van der Waals surface area contributed by atoms with Gasteiger partial charge in [-0.05, 0) is 42.9 Å². The van der Waals surface area contributed by atoms with Gasteiger partial charge in [0.25, 0.3) is 0 Å². The van der Waals surface area contributed by atoms with Crippen LogP contribution in [0.1, 0.15) is 44.6 Å². The summed E-state index contributed by atoms with van der Waals surface area (Å²) >= 11 is 0. The van der Waals surface area contributed by atoms with Crippen LogP contribution >= 0.6 is 0 Å². The number of hydrogen-bond donors (Lipinski definition) is 2. The fourth-order valence-corrected chi connectivity index (χ4v) is 3.10. The molecule has 0 saturated heterocycles. The summed E-state index contributed by atoms with van der Waals surface area (Å²) < 4.78 is 0. The number of amides is 1. The number of carbonyl (C=O) groups excluding carboxylic acids is 1. The quantitative estimate of drug-likeness (QED) is 0.864. The molecule has 0 aromatic carbocycles. The molecule has 0 bridgehead atoms. The third-order valence-electron chi connectivity index (χ3n) is 4.60. The molecule has 110 valence electrons. The number of nitrogens with one attached hydrogen (secondary N) is 1. The molecule has 0 radical (unpaired) electrons. The first-order chi connectivity index (χ1) is 9.66. The Hall–Kier alpha value is -1.42. The second-order valence-electron chi connectivity index (χ2n) is 5.91. The zero-order valence-electron chi connectivity index (χ0n) is 12.3. The second kappa shape index (κ2) is 6.84. The molecule has 1 heterocycles. The van der Waals surface area contributed by atoms with Crippen molar-refractivity contribution in [1.82, 2.24) is 10.3 Å². The monoisotopic (exact) mass is 275 g/mol. The lowest BCUT2D eigenvalue weighted by molar-refractivity contribution is -0.124. The molecule has 0 aliphatic heterocycles. The molecule has 1 amide bonds. The Morgan fingerprint density at radius 3 is 2.85 bits per heavy atom. The second-order valence-corrected chi connectivity index (χ2v) is 5.91. The zero-order chi connectivity index (χ0) is 14.4. The minimum atomic E-state index is -0.187. The highest BCUT2D eigenvalue weighted by Gasteiger charge is 2.37. The van der Waals surface area contributed by atoms with Gasteiger partial charge in [-0.2, -0.15) is 0 Å². The van der Waals surface area contributed by atoms with Crippen LogP contribution in [0.4, 0.5) is 0 Å². The molecule has 1 aromatic heterocycles. The van der Waals surface area contributed by atoms with Crippen molar-refractivity contribution in [1.29, 1.82) is 0 Å². The number of aryl methyl sites for hydroxylation is 1. The van der Waals surface area contributed by atoms with Crippen LogP contribution in [0.5, 0.6) is 0 Å². The number of hydrogen-bond acceptors (Lipinski definition) is 3. The maximum absolute atomic E-state index is 12.2. The van der Waals surface area contributed by atoms with Crippen LogP contribution in [0.3, 0.4) is 0 Å². The topological polar surface area (TPSA) is 68.0 Å². The molecular formula is C16H25N3O. The van der Waals surface area contributed by atoms with E-state index in [4.69, 9.17) is 5.73 Å². The summed E-state index contributed by atoms with van der Waals surface area (Å²) in [7, 11) is 0. The van der Waals surface area contributed by atoms with Gasteiger partial charge in [-0.25, -0.2) is 0 Å². The molecule has 2 rings (SSSR count). The Balaban J connectivity index is 1.89. The minimum absolute atomic E-state index is 0.112. The molecule has 1 fully saturated rings. The highest BCUT2D eigenvalue weighted by Crippen LogP contribution is 2.32. The van der Waals surface area contributed by atoms with Gasteiger partial charge in [-0.1, -0.05) is 19.8 Å². The minimum Gasteiger partial charge on any atom is -0.349 e. The molecule has 4 heteroatoms. The van der Waals surface area contributed by atoms with Crippen molar-refractivity contribution >= 4 is 5.91 Å². The smallest absolute Gasteiger partial charge is 0.220 e. The normalized spacial score (nSPS) is 26.2. The predicted molar refractivity (Wildman–Crippen MR) is 80.1 cm³/mol. The van der Waals surface area contributed by atoms with E-state index in [0.717, 1.165) is 31.2 Å². The van der Waals surface area contributed by atoms with Crippen molar-refractivity contribution in [3.8, 4) is 0 Å². The van der Waals surface area contributed by atoms with Gasteiger partial charge in [0.2, 0.25) is 5.91 Å². The van der Waals surface area contributed by atoms with E-state index in [1.807, 2.05) is 12.1 Å². The summed E-state index contributed by atoms with van der Waals surface area (Å²) in [6, 6.07) is 3.91. The number of nitrogens with two attached hydrogens (primary N) is 1. The van der Waals surface area contributed by atoms with E-state index in [-0.39, 0.29) is 11.4 Å². The Morgan fingerprint density at radius 2 is 2.20 bits per heavy atom. The van der Waals surface area contributed by atoms with Gasteiger partial charge in [-0.3, -0.25) is 9.78 Å². The summed E-state index contributed by atoms with van der Waals surface area (Å²) in [5.41, 5.74) is 6.92. The fourth-order valence-electron chi connectivity index (χ4n) is 3.10. The van der Waals surface area contributed by atoms with E-state index in [2.05, 4.69) is 17.2 Å². The lowest BCUT2D eigenvalue weighted by Gasteiger charge is -2.42. The van der Waals surface area contributed by atoms with E-state index in [1.165, 1.54) is 6.42 Å². The Labute approximate surface area is 121 Å². The van der Waals surface area contributed by atoms with Gasteiger partial charge >= 0.3 is 0 Å². The van der Waals surface area contributed by atoms with Crippen LogP contribution < -0.4 is 11.1 Å². The molecule has 2 unspecified atom stereocenters. The van der Waals surface area contributed by atoms with E-state index in [0.29, 0.717) is 18.9 Å². The maximum atomic E-state index is 12.2. The van der Waals surface area contributed by atoms with Crippen molar-refractivity contribution in [2.45, 2.75) is 51.0 Å². The summed E-state index contributed by atoms with van der Waals surface area (Å²) in [5.74, 6) is 0.576. The SMILES string of the molecule is CC1CCCCC1(CN)NC(=O)CCc1ccncc1. The summed E-state index contributed by atoms with van der Waals surface area (Å²) in [5, 5.41) is 3.22. The van der Waals surface area contributed by atoms with Crippen molar-refractivity contribution in [2.75, 3.05) is 6.54 Å². The van der Waals surface area contributed by atoms with Gasteiger partial charge in [0, 0.05) is 25.4 Å². The molecule has 1 saturated carbocycles. The third-order valence-corrected chi connectivity index (χ3v) is 4.60. The van der Waals surface area contributed by atoms with Crippen molar-refractivity contribution < 1.29 is 4.79 Å². The summed E-state index contributed by atoms with van der Waals surface area (Å²) in [6.45, 7) is 2.74. The van der Waals surface area contributed by atoms with Crippen LogP contribution in [0.15, 0.2) is 24.5 Å². The van der Waals surface area contributed by atoms with E-state index < -0.39 is 0 Å². The highest BCUT2D eigenvalue weighted by molar-refractivity contribution is 5.77. The molecule has 1 aromatic rings. The van der Waals surface area contributed by atoms with Crippen LogP contribution in [-0.4, -0.2) is 23.0 Å². The molecule has 0 spiro atoms. The molecule has 2 atom stereocenters. The Bertz CT molecular complexity index is 435. The third kappa shape index (κ3) is 3.57. The predicted octanol–water partition coefficient (Wildman–Crippen LogP) is 2.04. The molecule has 4 nitrogen and oxygen atoms in total. The standard InChI is InChI=1S/C16H25N3O/c1-13-4-2-3-9-16(13,12-17)19-15(20)6-5-14-7-10-18-11-8-14/h7-8,10-11,13H,2-6,9,12,17H2,1H3,(H,19,20). The van der Waals surface area contributed by atoms with Crippen molar-refractivity contribution in [3.63, 3.8) is 0 Å². The first-order valence-corrected chi connectivity index (χ1v) is 7.56. The fraction of sp³-hybridized carbons (Fsp3) is 0.625. The summed E-state index contributed by atoms with van der Waals surface area (Å²) in [4.78, 5) is 16.2. The van der Waals surface area contributed by atoms with E-state index in [1.54, 1.807) is 12.4 Å². The largest absolute Gasteiger partial charge is 0.349 e.